The molecule has 0 aliphatic carbocycles. The maximum Gasteiger partial charge on any atom is 0.417 e. The molecular weight excluding hydrogens is 463 g/mol. The number of thioether (sulfide) groups is 1. The van der Waals surface area contributed by atoms with Crippen LogP contribution in [0, 0.1) is 13.8 Å². The summed E-state index contributed by atoms with van der Waals surface area (Å²) in [6.07, 6.45) is -3.23. The lowest BCUT2D eigenvalue weighted by molar-refractivity contribution is -0.138. The number of halogens is 4. The van der Waals surface area contributed by atoms with Crippen LogP contribution in [0.5, 0.6) is 0 Å². The quantitative estimate of drug-likeness (QED) is 0.483. The summed E-state index contributed by atoms with van der Waals surface area (Å²) in [5, 5.41) is 2.78. The zero-order chi connectivity index (χ0) is 24.1. The Balaban J connectivity index is 2.06. The number of nitrogens with one attached hydrogen (secondary N) is 1. The number of nitrogens with zero attached hydrogens (tertiary/aromatic N) is 2. The number of benzene rings is 1. The molecule has 0 spiro atoms. The van der Waals surface area contributed by atoms with Gasteiger partial charge in [-0.1, -0.05) is 42.4 Å². The normalized spacial score (nSPS) is 12.4. The molecule has 2 aromatic rings. The Labute approximate surface area is 194 Å². The third kappa shape index (κ3) is 6.87. The highest BCUT2D eigenvalue weighted by Gasteiger charge is 2.32. The van der Waals surface area contributed by atoms with Crippen LogP contribution in [0.3, 0.4) is 0 Å². The van der Waals surface area contributed by atoms with Crippen LogP contribution in [0.25, 0.3) is 0 Å². The van der Waals surface area contributed by atoms with Crippen molar-refractivity contribution in [3.05, 3.63) is 52.2 Å². The molecule has 32 heavy (non-hydrogen) atoms. The molecule has 1 aromatic carbocycles. The Morgan fingerprint density at radius 1 is 1.28 bits per heavy atom. The first-order chi connectivity index (χ1) is 14.9. The van der Waals surface area contributed by atoms with E-state index in [9.17, 15) is 22.8 Å². The minimum absolute atomic E-state index is 0.112. The maximum atomic E-state index is 12.8. The minimum Gasteiger partial charge on any atom is -0.330 e. The predicted octanol–water partition coefficient (Wildman–Crippen LogP) is 5.73. The first kappa shape index (κ1) is 26.0. The zero-order valence-electron chi connectivity index (χ0n) is 18.2. The van der Waals surface area contributed by atoms with Crippen molar-refractivity contribution in [1.29, 1.82) is 0 Å². The third-order valence-corrected chi connectivity index (χ3v) is 6.49. The summed E-state index contributed by atoms with van der Waals surface area (Å²) < 4.78 is 38.3. The van der Waals surface area contributed by atoms with Crippen LogP contribution < -0.4 is 5.32 Å². The van der Waals surface area contributed by atoms with Crippen LogP contribution in [-0.4, -0.2) is 40.0 Å². The Hall–Kier alpha value is -2.26. The topological polar surface area (TPSA) is 62.3 Å². The van der Waals surface area contributed by atoms with E-state index in [-0.39, 0.29) is 40.2 Å². The van der Waals surface area contributed by atoms with Crippen molar-refractivity contribution in [1.82, 2.24) is 9.88 Å². The highest BCUT2D eigenvalue weighted by atomic mass is 35.5. The summed E-state index contributed by atoms with van der Waals surface area (Å²) in [4.78, 5) is 30.6. The summed E-state index contributed by atoms with van der Waals surface area (Å²) in [5.41, 5.74) is 1.71. The van der Waals surface area contributed by atoms with Crippen LogP contribution in [0.4, 0.5) is 18.9 Å². The number of carbonyl (C=O) groups is 2. The van der Waals surface area contributed by atoms with Crippen molar-refractivity contribution in [3.63, 3.8) is 0 Å². The van der Waals surface area contributed by atoms with Gasteiger partial charge < -0.3 is 10.2 Å². The van der Waals surface area contributed by atoms with Crippen LogP contribution in [0.1, 0.15) is 37.0 Å². The van der Waals surface area contributed by atoms with Gasteiger partial charge in [0, 0.05) is 17.9 Å². The molecule has 2 rings (SSSR count). The monoisotopic (exact) mass is 487 g/mol. The number of anilines is 1. The molecule has 1 N–H and O–H groups in total. The first-order valence-electron chi connectivity index (χ1n) is 9.95. The van der Waals surface area contributed by atoms with E-state index in [0.717, 1.165) is 29.0 Å². The van der Waals surface area contributed by atoms with E-state index in [1.165, 1.54) is 4.90 Å². The van der Waals surface area contributed by atoms with Gasteiger partial charge in [-0.2, -0.15) is 13.2 Å². The summed E-state index contributed by atoms with van der Waals surface area (Å²) in [5.74, 6) is -0.777. The lowest BCUT2D eigenvalue weighted by Crippen LogP contribution is -2.44. The Morgan fingerprint density at radius 3 is 2.56 bits per heavy atom. The largest absolute Gasteiger partial charge is 0.417 e. The average molecular weight is 488 g/mol. The van der Waals surface area contributed by atoms with Crippen LogP contribution in [0.2, 0.25) is 5.02 Å². The van der Waals surface area contributed by atoms with Crippen molar-refractivity contribution in [2.45, 2.75) is 51.4 Å². The molecule has 0 aliphatic rings. The van der Waals surface area contributed by atoms with Crippen LogP contribution in [-0.2, 0) is 15.8 Å². The molecule has 0 fully saturated rings. The molecule has 1 aromatic heterocycles. The minimum atomic E-state index is -4.55. The van der Waals surface area contributed by atoms with Gasteiger partial charge in [-0.3, -0.25) is 9.59 Å². The molecule has 0 unspecified atom stereocenters. The van der Waals surface area contributed by atoms with Gasteiger partial charge in [0.15, 0.2) is 0 Å². The van der Waals surface area contributed by atoms with E-state index in [0.29, 0.717) is 18.3 Å². The van der Waals surface area contributed by atoms with E-state index >= 15 is 0 Å². The number of pyridine rings is 1. The van der Waals surface area contributed by atoms with Crippen molar-refractivity contribution >= 4 is 40.9 Å². The number of aromatic nitrogens is 1. The fourth-order valence-corrected chi connectivity index (χ4v) is 3.92. The molecule has 2 amide bonds. The van der Waals surface area contributed by atoms with Gasteiger partial charge in [-0.05, 0) is 50.5 Å². The number of carbonyl (C=O) groups excluding carboxylic acids is 2. The zero-order valence-corrected chi connectivity index (χ0v) is 19.8. The third-order valence-electron chi connectivity index (χ3n) is 5.10. The van der Waals surface area contributed by atoms with Gasteiger partial charge in [0.2, 0.25) is 11.8 Å². The lowest BCUT2D eigenvalue weighted by atomic mass is 10.1. The molecule has 0 aliphatic heterocycles. The van der Waals surface area contributed by atoms with E-state index < -0.39 is 11.7 Å². The maximum absolute atomic E-state index is 12.8. The van der Waals surface area contributed by atoms with Gasteiger partial charge in [0.05, 0.1) is 16.3 Å². The number of aryl methyl sites for hydroxylation is 1. The van der Waals surface area contributed by atoms with E-state index in [1.807, 2.05) is 39.8 Å². The molecule has 0 saturated heterocycles. The number of hydrogen-bond acceptors (Lipinski definition) is 4. The molecule has 1 atom stereocenters. The molecular formula is C22H25ClF3N3O2S. The SMILES string of the molecule is CC[C@@H](C)N(CC(=O)Nc1cccc(C)c1C)C(=O)CSc1ncc(C(F)(F)F)cc1Cl. The molecule has 1 heterocycles. The molecule has 10 heteroatoms. The smallest absolute Gasteiger partial charge is 0.330 e. The summed E-state index contributed by atoms with van der Waals surface area (Å²) in [6, 6.07) is 6.16. The summed E-state index contributed by atoms with van der Waals surface area (Å²) in [6.45, 7) is 7.43. The number of alkyl halides is 3. The van der Waals surface area contributed by atoms with Crippen molar-refractivity contribution < 1.29 is 22.8 Å². The molecule has 0 radical (unpaired) electrons. The Bertz CT molecular complexity index is 985. The van der Waals surface area contributed by atoms with E-state index in [1.54, 1.807) is 6.07 Å². The molecule has 5 nitrogen and oxygen atoms in total. The van der Waals surface area contributed by atoms with Gasteiger partial charge in [-0.15, -0.1) is 0 Å². The van der Waals surface area contributed by atoms with Crippen molar-refractivity contribution in [3.8, 4) is 0 Å². The summed E-state index contributed by atoms with van der Waals surface area (Å²) in [7, 11) is 0. The number of hydrogen-bond donors (Lipinski definition) is 1. The van der Waals surface area contributed by atoms with Gasteiger partial charge >= 0.3 is 6.18 Å². The van der Waals surface area contributed by atoms with Crippen LogP contribution >= 0.6 is 23.4 Å². The Kier molecular flexibility index (Phi) is 8.98. The van der Waals surface area contributed by atoms with Crippen molar-refractivity contribution in [2.75, 3.05) is 17.6 Å². The summed E-state index contributed by atoms with van der Waals surface area (Å²) >= 11 is 6.85. The van der Waals surface area contributed by atoms with Crippen molar-refractivity contribution in [2.24, 2.45) is 0 Å². The van der Waals surface area contributed by atoms with Crippen LogP contribution in [0.15, 0.2) is 35.5 Å². The van der Waals surface area contributed by atoms with E-state index in [4.69, 9.17) is 11.6 Å². The highest BCUT2D eigenvalue weighted by molar-refractivity contribution is 8.00. The Morgan fingerprint density at radius 2 is 1.97 bits per heavy atom. The van der Waals surface area contributed by atoms with Gasteiger partial charge in [0.25, 0.3) is 0 Å². The molecule has 0 saturated carbocycles. The highest BCUT2D eigenvalue weighted by Crippen LogP contribution is 2.33. The fraction of sp³-hybridized carbons (Fsp3) is 0.409. The second-order valence-corrected chi connectivity index (χ2v) is 8.74. The predicted molar refractivity (Wildman–Crippen MR) is 121 cm³/mol. The average Bonchev–Trinajstić information content (AvgIpc) is 2.73. The standard InChI is InChI=1S/C22H25ClF3N3O2S/c1-5-14(3)29(11-19(30)28-18-8-6-7-13(2)15(18)4)20(31)12-32-21-17(23)9-16(10-27-21)22(24,25)26/h6-10,14H,5,11-12H2,1-4H3,(H,28,30)/t14-/m1/s1. The number of amides is 2. The fourth-order valence-electron chi connectivity index (χ4n) is 2.84. The number of rotatable bonds is 8. The lowest BCUT2D eigenvalue weighted by Gasteiger charge is -2.28. The molecule has 174 valence electrons. The van der Waals surface area contributed by atoms with E-state index in [2.05, 4.69) is 10.3 Å². The second-order valence-electron chi connectivity index (χ2n) is 7.37. The molecule has 0 bridgehead atoms. The van der Waals surface area contributed by atoms with Gasteiger partial charge in [-0.25, -0.2) is 4.98 Å². The first-order valence-corrected chi connectivity index (χ1v) is 11.3. The second kappa shape index (κ2) is 11.0. The van der Waals surface area contributed by atoms with Gasteiger partial charge in [0.1, 0.15) is 11.6 Å².